The van der Waals surface area contributed by atoms with Gasteiger partial charge in [-0.3, -0.25) is 9.59 Å². The maximum atomic E-state index is 12.2. The molecule has 1 aromatic carbocycles. The number of amides is 2. The molecule has 1 N–H and O–H groups in total. The Balaban J connectivity index is 2.04. The minimum absolute atomic E-state index is 0.0220. The van der Waals surface area contributed by atoms with Crippen molar-refractivity contribution in [3.05, 3.63) is 39.9 Å². The molecule has 2 amide bonds. The Morgan fingerprint density at radius 3 is 2.86 bits per heavy atom. The predicted molar refractivity (Wildman–Crippen MR) is 84.3 cm³/mol. The summed E-state index contributed by atoms with van der Waals surface area (Å²) in [7, 11) is 0. The lowest BCUT2D eigenvalue weighted by Crippen LogP contribution is -2.38. The number of carbonyl (C=O) groups is 2. The predicted octanol–water partition coefficient (Wildman–Crippen LogP) is 2.74. The lowest BCUT2D eigenvalue weighted by Gasteiger charge is -2.20. The van der Waals surface area contributed by atoms with E-state index in [1.165, 1.54) is 6.08 Å². The maximum Gasteiger partial charge on any atom is 0.246 e. The third kappa shape index (κ3) is 4.48. The summed E-state index contributed by atoms with van der Waals surface area (Å²) in [4.78, 5) is 25.2. The molecule has 1 fully saturated rings. The minimum Gasteiger partial charge on any atom is -0.352 e. The van der Waals surface area contributed by atoms with E-state index in [2.05, 4.69) is 5.32 Å². The summed E-state index contributed by atoms with van der Waals surface area (Å²) in [5, 5.41) is 3.75. The van der Waals surface area contributed by atoms with Gasteiger partial charge in [0.05, 0.1) is 10.0 Å². The zero-order valence-electron chi connectivity index (χ0n) is 11.6. The van der Waals surface area contributed by atoms with Crippen molar-refractivity contribution in [3.8, 4) is 0 Å². The van der Waals surface area contributed by atoms with Crippen molar-refractivity contribution in [1.82, 2.24) is 10.2 Å². The molecule has 6 heteroatoms. The van der Waals surface area contributed by atoms with Crippen LogP contribution >= 0.6 is 23.2 Å². The van der Waals surface area contributed by atoms with Gasteiger partial charge in [-0.15, -0.1) is 0 Å². The Bertz CT molecular complexity index is 587. The van der Waals surface area contributed by atoms with Gasteiger partial charge in [0.2, 0.25) is 11.8 Å². The second kappa shape index (κ2) is 6.96. The van der Waals surface area contributed by atoms with Crippen LogP contribution in [0.15, 0.2) is 24.3 Å². The fourth-order valence-electron chi connectivity index (χ4n) is 2.14. The summed E-state index contributed by atoms with van der Waals surface area (Å²) in [5.41, 5.74) is 0.801. The van der Waals surface area contributed by atoms with Gasteiger partial charge in [-0.1, -0.05) is 29.3 Å². The van der Waals surface area contributed by atoms with E-state index < -0.39 is 0 Å². The first-order chi connectivity index (χ1) is 9.95. The standard InChI is InChI=1S/C15H16Cl2N2O2/c1-10-9-19(7-6-14(20)18-10)15(21)5-3-11-2-4-12(16)13(17)8-11/h2-5,8,10H,6-7,9H2,1H3,(H,18,20)/b5-3+. The number of nitrogens with one attached hydrogen (secondary N) is 1. The van der Waals surface area contributed by atoms with Crippen LogP contribution < -0.4 is 5.32 Å². The van der Waals surface area contributed by atoms with Crippen molar-refractivity contribution in [3.63, 3.8) is 0 Å². The van der Waals surface area contributed by atoms with Gasteiger partial charge >= 0.3 is 0 Å². The van der Waals surface area contributed by atoms with Crippen LogP contribution in [0.3, 0.4) is 0 Å². The van der Waals surface area contributed by atoms with Gasteiger partial charge < -0.3 is 10.2 Å². The number of carbonyl (C=O) groups excluding carboxylic acids is 2. The van der Waals surface area contributed by atoms with Crippen molar-refractivity contribution < 1.29 is 9.59 Å². The lowest BCUT2D eigenvalue weighted by molar-refractivity contribution is -0.126. The first kappa shape index (κ1) is 15.9. The topological polar surface area (TPSA) is 49.4 Å². The average Bonchev–Trinajstić information content (AvgIpc) is 2.60. The zero-order chi connectivity index (χ0) is 15.4. The van der Waals surface area contributed by atoms with E-state index in [9.17, 15) is 9.59 Å². The van der Waals surface area contributed by atoms with Crippen LogP contribution in [0.1, 0.15) is 18.9 Å². The molecule has 1 aliphatic rings. The molecule has 1 aliphatic heterocycles. The van der Waals surface area contributed by atoms with Crippen LogP contribution in [-0.4, -0.2) is 35.8 Å². The van der Waals surface area contributed by atoms with Crippen molar-refractivity contribution >= 4 is 41.1 Å². The van der Waals surface area contributed by atoms with Gasteiger partial charge in [0.1, 0.15) is 0 Å². The van der Waals surface area contributed by atoms with E-state index in [1.54, 1.807) is 29.2 Å². The van der Waals surface area contributed by atoms with Gasteiger partial charge in [0.15, 0.2) is 0 Å². The number of hydrogen-bond donors (Lipinski definition) is 1. The van der Waals surface area contributed by atoms with Crippen LogP contribution in [0.4, 0.5) is 0 Å². The van der Waals surface area contributed by atoms with Crippen molar-refractivity contribution in [2.75, 3.05) is 13.1 Å². The lowest BCUT2D eigenvalue weighted by atomic mass is 10.2. The molecule has 1 unspecified atom stereocenters. The molecule has 21 heavy (non-hydrogen) atoms. The molecule has 1 atom stereocenters. The third-order valence-corrected chi connectivity index (χ3v) is 3.92. The second-order valence-corrected chi connectivity index (χ2v) is 5.82. The molecule has 2 rings (SSSR count). The number of halogens is 2. The molecule has 0 aromatic heterocycles. The highest BCUT2D eigenvalue weighted by Crippen LogP contribution is 2.23. The molecule has 112 valence electrons. The number of rotatable bonds is 2. The van der Waals surface area contributed by atoms with Gasteiger partial charge in [-0.2, -0.15) is 0 Å². The SMILES string of the molecule is CC1CN(C(=O)/C=C/c2ccc(Cl)c(Cl)c2)CCC(=O)N1. The second-order valence-electron chi connectivity index (χ2n) is 5.01. The van der Waals surface area contributed by atoms with E-state index in [4.69, 9.17) is 23.2 Å². The summed E-state index contributed by atoms with van der Waals surface area (Å²) < 4.78 is 0. The highest BCUT2D eigenvalue weighted by Gasteiger charge is 2.20. The Labute approximate surface area is 133 Å². The molecule has 1 heterocycles. The number of benzene rings is 1. The minimum atomic E-state index is -0.121. The number of nitrogens with zero attached hydrogens (tertiary/aromatic N) is 1. The van der Waals surface area contributed by atoms with E-state index in [-0.39, 0.29) is 17.9 Å². The van der Waals surface area contributed by atoms with Crippen molar-refractivity contribution in [2.45, 2.75) is 19.4 Å². The first-order valence-corrected chi connectivity index (χ1v) is 7.42. The normalized spacial score (nSPS) is 19.5. The van der Waals surface area contributed by atoms with Gasteiger partial charge in [-0.05, 0) is 30.7 Å². The van der Waals surface area contributed by atoms with Crippen molar-refractivity contribution in [2.24, 2.45) is 0 Å². The molecule has 1 saturated heterocycles. The van der Waals surface area contributed by atoms with Crippen LogP contribution in [0.25, 0.3) is 6.08 Å². The van der Waals surface area contributed by atoms with Crippen LogP contribution in [0, 0.1) is 0 Å². The van der Waals surface area contributed by atoms with E-state index in [0.717, 1.165) is 5.56 Å². The Hall–Kier alpha value is -1.52. The van der Waals surface area contributed by atoms with Crippen molar-refractivity contribution in [1.29, 1.82) is 0 Å². The van der Waals surface area contributed by atoms with E-state index >= 15 is 0 Å². The fourth-order valence-corrected chi connectivity index (χ4v) is 2.45. The fraction of sp³-hybridized carbons (Fsp3) is 0.333. The molecular formula is C15H16Cl2N2O2. The summed E-state index contributed by atoms with van der Waals surface area (Å²) in [5.74, 6) is -0.143. The highest BCUT2D eigenvalue weighted by molar-refractivity contribution is 6.42. The summed E-state index contributed by atoms with van der Waals surface area (Å²) in [6, 6.07) is 5.13. The molecule has 0 spiro atoms. The summed E-state index contributed by atoms with van der Waals surface area (Å²) in [6.07, 6.45) is 3.51. The Kier molecular flexibility index (Phi) is 5.26. The molecule has 0 bridgehead atoms. The largest absolute Gasteiger partial charge is 0.352 e. The average molecular weight is 327 g/mol. The van der Waals surface area contributed by atoms with Gasteiger partial charge in [-0.25, -0.2) is 0 Å². The quantitative estimate of drug-likeness (QED) is 0.849. The first-order valence-electron chi connectivity index (χ1n) is 6.67. The Morgan fingerprint density at radius 2 is 2.14 bits per heavy atom. The zero-order valence-corrected chi connectivity index (χ0v) is 13.1. The molecule has 0 aliphatic carbocycles. The highest BCUT2D eigenvalue weighted by atomic mass is 35.5. The van der Waals surface area contributed by atoms with Crippen LogP contribution in [0.5, 0.6) is 0 Å². The van der Waals surface area contributed by atoms with Crippen LogP contribution in [-0.2, 0) is 9.59 Å². The van der Waals surface area contributed by atoms with Gasteiger partial charge in [0, 0.05) is 31.6 Å². The molecular weight excluding hydrogens is 311 g/mol. The molecule has 0 saturated carbocycles. The molecule has 0 radical (unpaired) electrons. The smallest absolute Gasteiger partial charge is 0.246 e. The van der Waals surface area contributed by atoms with Crippen LogP contribution in [0.2, 0.25) is 10.0 Å². The third-order valence-electron chi connectivity index (χ3n) is 3.18. The van der Waals surface area contributed by atoms with E-state index in [1.807, 2.05) is 6.92 Å². The summed E-state index contributed by atoms with van der Waals surface area (Å²) >= 11 is 11.8. The Morgan fingerprint density at radius 1 is 1.38 bits per heavy atom. The van der Waals surface area contributed by atoms with E-state index in [0.29, 0.717) is 29.6 Å². The molecule has 4 nitrogen and oxygen atoms in total. The number of hydrogen-bond acceptors (Lipinski definition) is 2. The monoisotopic (exact) mass is 326 g/mol. The summed E-state index contributed by atoms with van der Waals surface area (Å²) in [6.45, 7) is 2.82. The molecule has 1 aromatic rings. The van der Waals surface area contributed by atoms with Gasteiger partial charge in [0.25, 0.3) is 0 Å². The maximum absolute atomic E-state index is 12.2.